The molecule has 0 aromatic rings. The van der Waals surface area contributed by atoms with Gasteiger partial charge in [0.25, 0.3) is 0 Å². The number of rotatable bonds is 3. The highest BCUT2D eigenvalue weighted by Gasteiger charge is 2.21. The maximum absolute atomic E-state index is 8.85. The van der Waals surface area contributed by atoms with Crippen molar-refractivity contribution in [2.24, 2.45) is 5.92 Å². The first-order chi connectivity index (χ1) is 6.24. The zero-order chi connectivity index (χ0) is 9.68. The standard InChI is InChI=1S/C10H21NO2/c1-8(2)10-7-13-6-4-9(11-10)3-5-12/h8-12H,3-7H2,1-2H3/t9?,10-/m1/s1. The van der Waals surface area contributed by atoms with Crippen molar-refractivity contribution in [1.29, 1.82) is 0 Å². The molecule has 13 heavy (non-hydrogen) atoms. The van der Waals surface area contributed by atoms with Crippen molar-refractivity contribution in [2.45, 2.75) is 38.8 Å². The first kappa shape index (κ1) is 11.0. The van der Waals surface area contributed by atoms with E-state index < -0.39 is 0 Å². The molecule has 2 N–H and O–H groups in total. The average molecular weight is 187 g/mol. The normalized spacial score (nSPS) is 30.5. The summed E-state index contributed by atoms with van der Waals surface area (Å²) in [4.78, 5) is 0. The van der Waals surface area contributed by atoms with Gasteiger partial charge in [0, 0.05) is 25.3 Å². The third-order valence-corrected chi connectivity index (χ3v) is 2.64. The lowest BCUT2D eigenvalue weighted by Crippen LogP contribution is -2.42. The summed E-state index contributed by atoms with van der Waals surface area (Å²) < 4.78 is 5.50. The average Bonchev–Trinajstić information content (AvgIpc) is 2.30. The van der Waals surface area contributed by atoms with Gasteiger partial charge in [-0.15, -0.1) is 0 Å². The fourth-order valence-corrected chi connectivity index (χ4v) is 1.64. The number of aliphatic hydroxyl groups is 1. The van der Waals surface area contributed by atoms with Gasteiger partial charge in [0.05, 0.1) is 6.61 Å². The van der Waals surface area contributed by atoms with Crippen molar-refractivity contribution in [1.82, 2.24) is 5.32 Å². The van der Waals surface area contributed by atoms with Gasteiger partial charge in [0.2, 0.25) is 0 Å². The van der Waals surface area contributed by atoms with Gasteiger partial charge in [-0.25, -0.2) is 0 Å². The molecule has 1 aliphatic heterocycles. The van der Waals surface area contributed by atoms with Crippen molar-refractivity contribution in [3.63, 3.8) is 0 Å². The summed E-state index contributed by atoms with van der Waals surface area (Å²) in [7, 11) is 0. The Labute approximate surface area is 80.5 Å². The molecule has 0 aromatic heterocycles. The topological polar surface area (TPSA) is 41.5 Å². The van der Waals surface area contributed by atoms with Crippen molar-refractivity contribution in [3.8, 4) is 0 Å². The van der Waals surface area contributed by atoms with Gasteiger partial charge in [-0.05, 0) is 18.8 Å². The van der Waals surface area contributed by atoms with E-state index in [0.717, 1.165) is 26.1 Å². The van der Waals surface area contributed by atoms with Crippen LogP contribution in [-0.2, 0) is 4.74 Å². The molecule has 1 fully saturated rings. The molecule has 0 radical (unpaired) electrons. The van der Waals surface area contributed by atoms with Crippen LogP contribution in [0.25, 0.3) is 0 Å². The second-order valence-electron chi connectivity index (χ2n) is 4.09. The Balaban J connectivity index is 2.39. The highest BCUT2D eigenvalue weighted by atomic mass is 16.5. The van der Waals surface area contributed by atoms with Crippen LogP contribution in [0.3, 0.4) is 0 Å². The van der Waals surface area contributed by atoms with E-state index in [1.54, 1.807) is 0 Å². The number of ether oxygens (including phenoxy) is 1. The maximum atomic E-state index is 8.85. The molecule has 1 unspecified atom stereocenters. The summed E-state index contributed by atoms with van der Waals surface area (Å²) in [5, 5.41) is 12.4. The number of aliphatic hydroxyl groups excluding tert-OH is 1. The molecular formula is C10H21NO2. The van der Waals surface area contributed by atoms with E-state index in [9.17, 15) is 0 Å². The van der Waals surface area contributed by atoms with Crippen LogP contribution in [0.5, 0.6) is 0 Å². The Kier molecular flexibility index (Phi) is 4.70. The summed E-state index contributed by atoms with van der Waals surface area (Å²) in [6, 6.07) is 0.874. The monoisotopic (exact) mass is 187 g/mol. The Morgan fingerprint density at radius 1 is 1.54 bits per heavy atom. The molecule has 0 saturated carbocycles. The minimum absolute atomic E-state index is 0.266. The van der Waals surface area contributed by atoms with Crippen molar-refractivity contribution in [2.75, 3.05) is 19.8 Å². The lowest BCUT2D eigenvalue weighted by atomic mass is 10.0. The van der Waals surface area contributed by atoms with Gasteiger partial charge < -0.3 is 15.2 Å². The van der Waals surface area contributed by atoms with E-state index in [1.807, 2.05) is 0 Å². The van der Waals surface area contributed by atoms with E-state index in [-0.39, 0.29) is 6.61 Å². The molecule has 1 aliphatic rings. The molecule has 78 valence electrons. The first-order valence-corrected chi connectivity index (χ1v) is 5.18. The zero-order valence-electron chi connectivity index (χ0n) is 8.62. The molecule has 0 aromatic carbocycles. The molecule has 1 heterocycles. The van der Waals surface area contributed by atoms with Crippen LogP contribution in [0.4, 0.5) is 0 Å². The van der Waals surface area contributed by atoms with Crippen molar-refractivity contribution in [3.05, 3.63) is 0 Å². The number of nitrogens with one attached hydrogen (secondary N) is 1. The van der Waals surface area contributed by atoms with Gasteiger partial charge in [-0.2, -0.15) is 0 Å². The van der Waals surface area contributed by atoms with Crippen molar-refractivity contribution < 1.29 is 9.84 Å². The van der Waals surface area contributed by atoms with E-state index in [1.165, 1.54) is 0 Å². The SMILES string of the molecule is CC(C)[C@H]1COCCC(CCO)N1. The molecule has 0 bridgehead atoms. The Morgan fingerprint density at radius 3 is 2.92 bits per heavy atom. The second kappa shape index (κ2) is 5.58. The third kappa shape index (κ3) is 3.63. The van der Waals surface area contributed by atoms with Gasteiger partial charge in [0.15, 0.2) is 0 Å². The first-order valence-electron chi connectivity index (χ1n) is 5.18. The van der Waals surface area contributed by atoms with Gasteiger partial charge in [0.1, 0.15) is 0 Å². The molecule has 1 rings (SSSR count). The molecule has 2 atom stereocenters. The fraction of sp³-hybridized carbons (Fsp3) is 1.00. The van der Waals surface area contributed by atoms with Gasteiger partial charge in [-0.1, -0.05) is 13.8 Å². The molecule has 3 heteroatoms. The summed E-state index contributed by atoms with van der Waals surface area (Å²) in [5.74, 6) is 0.597. The number of hydrogen-bond acceptors (Lipinski definition) is 3. The highest BCUT2D eigenvalue weighted by molar-refractivity contribution is 4.79. The van der Waals surface area contributed by atoms with Crippen LogP contribution in [-0.4, -0.2) is 37.0 Å². The van der Waals surface area contributed by atoms with E-state index >= 15 is 0 Å². The maximum Gasteiger partial charge on any atom is 0.0622 e. The predicted octanol–water partition coefficient (Wildman–Crippen LogP) is 0.772. The summed E-state index contributed by atoms with van der Waals surface area (Å²) in [6.07, 6.45) is 1.86. The van der Waals surface area contributed by atoms with Gasteiger partial charge in [-0.3, -0.25) is 0 Å². The van der Waals surface area contributed by atoms with Crippen LogP contribution in [0.15, 0.2) is 0 Å². The van der Waals surface area contributed by atoms with Crippen LogP contribution in [0.2, 0.25) is 0 Å². The zero-order valence-corrected chi connectivity index (χ0v) is 8.62. The van der Waals surface area contributed by atoms with Gasteiger partial charge >= 0.3 is 0 Å². The van der Waals surface area contributed by atoms with Crippen LogP contribution >= 0.6 is 0 Å². The predicted molar refractivity (Wildman–Crippen MR) is 52.7 cm³/mol. The molecule has 0 spiro atoms. The summed E-state index contributed by atoms with van der Waals surface area (Å²) >= 11 is 0. The minimum Gasteiger partial charge on any atom is -0.396 e. The van der Waals surface area contributed by atoms with Crippen LogP contribution in [0.1, 0.15) is 26.7 Å². The highest BCUT2D eigenvalue weighted by Crippen LogP contribution is 2.11. The quantitative estimate of drug-likeness (QED) is 0.686. The Bertz CT molecular complexity index is 139. The Morgan fingerprint density at radius 2 is 2.31 bits per heavy atom. The Hall–Kier alpha value is -0.120. The lowest BCUT2D eigenvalue weighted by molar-refractivity contribution is 0.119. The summed E-state index contributed by atoms with van der Waals surface area (Å²) in [5.41, 5.74) is 0. The van der Waals surface area contributed by atoms with Crippen molar-refractivity contribution >= 4 is 0 Å². The number of hydrogen-bond donors (Lipinski definition) is 2. The smallest absolute Gasteiger partial charge is 0.0622 e. The minimum atomic E-state index is 0.266. The van der Waals surface area contributed by atoms with Crippen LogP contribution in [0, 0.1) is 5.92 Å². The van der Waals surface area contributed by atoms with E-state index in [2.05, 4.69) is 19.2 Å². The molecule has 0 amide bonds. The fourth-order valence-electron chi connectivity index (χ4n) is 1.64. The third-order valence-electron chi connectivity index (χ3n) is 2.64. The largest absolute Gasteiger partial charge is 0.396 e. The summed E-state index contributed by atoms with van der Waals surface area (Å²) in [6.45, 7) is 6.29. The second-order valence-corrected chi connectivity index (χ2v) is 4.09. The lowest BCUT2D eigenvalue weighted by Gasteiger charge is -2.23. The molecule has 1 saturated heterocycles. The molecule has 3 nitrogen and oxygen atoms in total. The van der Waals surface area contributed by atoms with Crippen LogP contribution < -0.4 is 5.32 Å². The molecule has 0 aliphatic carbocycles. The van der Waals surface area contributed by atoms with E-state index in [4.69, 9.17) is 9.84 Å². The molecular weight excluding hydrogens is 166 g/mol. The van der Waals surface area contributed by atoms with E-state index in [0.29, 0.717) is 18.0 Å².